The van der Waals surface area contributed by atoms with Crippen molar-refractivity contribution in [1.82, 2.24) is 0 Å². The molecule has 0 saturated carbocycles. The summed E-state index contributed by atoms with van der Waals surface area (Å²) in [6, 6.07) is 0. The summed E-state index contributed by atoms with van der Waals surface area (Å²) >= 11 is 0. The van der Waals surface area contributed by atoms with Crippen molar-refractivity contribution >= 4 is 20.2 Å². The third-order valence-electron chi connectivity index (χ3n) is 4.01. The third kappa shape index (κ3) is 10.3. The van der Waals surface area contributed by atoms with Crippen molar-refractivity contribution in [3.05, 3.63) is 107 Å². The van der Waals surface area contributed by atoms with Gasteiger partial charge in [0.1, 0.15) is 30.0 Å². The molecular weight excluding hydrogens is 706 g/mol. The van der Waals surface area contributed by atoms with Gasteiger partial charge in [-0.15, -0.1) is 12.8 Å². The van der Waals surface area contributed by atoms with E-state index in [0.29, 0.717) is 0 Å². The minimum atomic E-state index is -5.77. The molecule has 2 aromatic rings. The number of halogens is 10. The normalized spacial score (nSPS) is 13.0. The Balaban J connectivity index is 0.000000573. The van der Waals surface area contributed by atoms with Gasteiger partial charge in [-0.25, -0.2) is 85.0 Å². The standard InChI is InChI=1S/2C6HF5O3S.2C5H5.Zr/c2*7-1-2(8)4(10)6(15(12,13)14)5(11)3(1)9;2*1-2-4-5-3-1;/h2*(H,12,13,14);2*1-3H,4H2;/q;;2*-1;+4/p-2. The molecule has 0 heterocycles. The summed E-state index contributed by atoms with van der Waals surface area (Å²) < 4.78 is 186. The Hall–Kier alpha value is -2.60. The fourth-order valence-electron chi connectivity index (χ4n) is 2.29. The molecule has 0 spiro atoms. The van der Waals surface area contributed by atoms with Gasteiger partial charge in [0, 0.05) is 0 Å². The maximum atomic E-state index is 12.6. The van der Waals surface area contributed by atoms with E-state index in [-0.39, 0.29) is 26.2 Å². The Morgan fingerprint density at radius 1 is 0.488 bits per heavy atom. The van der Waals surface area contributed by atoms with E-state index >= 15 is 0 Å². The fourth-order valence-corrected chi connectivity index (χ4v) is 3.53. The average Bonchev–Trinajstić information content (AvgIpc) is 3.62. The van der Waals surface area contributed by atoms with Crippen molar-refractivity contribution in [3.63, 3.8) is 0 Å². The van der Waals surface area contributed by atoms with Crippen molar-refractivity contribution in [2.75, 3.05) is 0 Å². The van der Waals surface area contributed by atoms with Crippen LogP contribution in [0.15, 0.2) is 46.2 Å². The Kier molecular flexibility index (Phi) is 15.1. The fraction of sp³-hybridized carbons (Fsp3) is 0.0909. The average molecular weight is 716 g/mol. The second-order valence-corrected chi connectivity index (χ2v) is 9.35. The van der Waals surface area contributed by atoms with Crippen LogP contribution >= 0.6 is 0 Å². The predicted molar refractivity (Wildman–Crippen MR) is 112 cm³/mol. The summed E-state index contributed by atoms with van der Waals surface area (Å²) in [6.45, 7) is 0. The number of allylic oxidation sites excluding steroid dienone is 8. The van der Waals surface area contributed by atoms with E-state index < -0.39 is 88.2 Å². The van der Waals surface area contributed by atoms with E-state index in [0.717, 1.165) is 12.8 Å². The second kappa shape index (κ2) is 16.1. The molecule has 19 heteroatoms. The largest absolute Gasteiger partial charge is 4.00 e. The van der Waals surface area contributed by atoms with Crippen LogP contribution in [0.25, 0.3) is 0 Å². The summed E-state index contributed by atoms with van der Waals surface area (Å²) in [6.07, 6.45) is 20.0. The van der Waals surface area contributed by atoms with Gasteiger partial charge in [-0.05, 0) is 0 Å². The van der Waals surface area contributed by atoms with Gasteiger partial charge < -0.3 is 9.11 Å². The molecule has 41 heavy (non-hydrogen) atoms. The van der Waals surface area contributed by atoms with Crippen molar-refractivity contribution in [3.8, 4) is 0 Å². The first kappa shape index (κ1) is 38.4. The molecule has 2 aliphatic carbocycles. The molecule has 0 aliphatic heterocycles. The van der Waals surface area contributed by atoms with Gasteiger partial charge in [0.15, 0.2) is 46.5 Å². The Morgan fingerprint density at radius 3 is 0.829 bits per heavy atom. The molecule has 0 unspecified atom stereocenters. The number of rotatable bonds is 2. The maximum absolute atomic E-state index is 12.6. The zero-order chi connectivity index (χ0) is 31.0. The molecule has 0 N–H and O–H groups in total. The van der Waals surface area contributed by atoms with Crippen molar-refractivity contribution < 1.29 is 96.0 Å². The van der Waals surface area contributed by atoms with Gasteiger partial charge in [-0.2, -0.15) is 12.2 Å². The molecule has 6 nitrogen and oxygen atoms in total. The summed E-state index contributed by atoms with van der Waals surface area (Å²) in [4.78, 5) is -4.75. The van der Waals surface area contributed by atoms with E-state index in [1.165, 1.54) is 0 Å². The maximum Gasteiger partial charge on any atom is 4.00 e. The van der Waals surface area contributed by atoms with Crippen LogP contribution in [0.2, 0.25) is 0 Å². The van der Waals surface area contributed by atoms with E-state index in [1.54, 1.807) is 0 Å². The zero-order valence-electron chi connectivity index (χ0n) is 19.4. The van der Waals surface area contributed by atoms with Crippen LogP contribution in [0.1, 0.15) is 12.8 Å². The van der Waals surface area contributed by atoms with E-state index in [1.807, 2.05) is 24.3 Å². The summed E-state index contributed by atoms with van der Waals surface area (Å²) in [5.41, 5.74) is 0. The smallest absolute Gasteiger partial charge is 0.744 e. The molecule has 0 amide bonds. The van der Waals surface area contributed by atoms with E-state index in [9.17, 15) is 69.8 Å². The van der Waals surface area contributed by atoms with Crippen molar-refractivity contribution in [2.45, 2.75) is 22.6 Å². The molecule has 0 aromatic heterocycles. The topological polar surface area (TPSA) is 114 Å². The van der Waals surface area contributed by atoms with Gasteiger partial charge in [-0.3, -0.25) is 12.2 Å². The first-order chi connectivity index (χ1) is 18.4. The Bertz CT molecular complexity index is 1410. The van der Waals surface area contributed by atoms with Crippen LogP contribution in [-0.4, -0.2) is 25.9 Å². The van der Waals surface area contributed by atoms with E-state index in [2.05, 4.69) is 24.3 Å². The first-order valence-corrected chi connectivity index (χ1v) is 12.5. The van der Waals surface area contributed by atoms with E-state index in [4.69, 9.17) is 0 Å². The number of hydrogen-bond acceptors (Lipinski definition) is 6. The molecule has 0 atom stereocenters. The number of hydrogen-bond donors (Lipinski definition) is 0. The monoisotopic (exact) mass is 714 g/mol. The van der Waals surface area contributed by atoms with Crippen LogP contribution < -0.4 is 0 Å². The van der Waals surface area contributed by atoms with Gasteiger partial charge >= 0.3 is 26.2 Å². The molecule has 0 bridgehead atoms. The first-order valence-electron chi connectivity index (χ1n) is 9.73. The summed E-state index contributed by atoms with van der Waals surface area (Å²) in [5.74, 6) is -25.7. The van der Waals surface area contributed by atoms with Gasteiger partial charge in [0.2, 0.25) is 11.6 Å². The second-order valence-electron chi connectivity index (χ2n) is 6.71. The minimum absolute atomic E-state index is 0. The minimum Gasteiger partial charge on any atom is -0.744 e. The van der Waals surface area contributed by atoms with Gasteiger partial charge in [0.05, 0.1) is 0 Å². The van der Waals surface area contributed by atoms with Gasteiger partial charge in [-0.1, -0.05) is 0 Å². The summed E-state index contributed by atoms with van der Waals surface area (Å²) in [5, 5.41) is 0. The number of benzene rings is 2. The SMILES string of the molecule is O=S(=O)([O-])c1c(F)c(F)c(F)c(F)c1F.O=S(=O)([O-])c1c(F)c(F)c(F)c(F)c1F.[C-]1=CC=CC1.[C-]1=CC=CC1.[Zr+4]. The van der Waals surface area contributed by atoms with Crippen LogP contribution in [0.4, 0.5) is 43.9 Å². The van der Waals surface area contributed by atoms with Crippen LogP contribution in [0.5, 0.6) is 0 Å². The van der Waals surface area contributed by atoms with Crippen LogP contribution in [0, 0.1) is 70.3 Å². The predicted octanol–water partition coefficient (Wildman–Crippen LogP) is 5.18. The Labute approximate surface area is 245 Å². The van der Waals surface area contributed by atoms with Crippen molar-refractivity contribution in [2.24, 2.45) is 0 Å². The molecule has 0 fully saturated rings. The zero-order valence-corrected chi connectivity index (χ0v) is 23.5. The molecular formula is C22H10F10O6S2Zr. The van der Waals surface area contributed by atoms with Crippen LogP contribution in [0.3, 0.4) is 0 Å². The van der Waals surface area contributed by atoms with Gasteiger partial charge in [0.25, 0.3) is 0 Å². The quantitative estimate of drug-likeness (QED) is 0.139. The molecule has 220 valence electrons. The molecule has 2 aromatic carbocycles. The Morgan fingerprint density at radius 2 is 0.707 bits per heavy atom. The van der Waals surface area contributed by atoms with Crippen molar-refractivity contribution in [1.29, 1.82) is 0 Å². The molecule has 0 saturated heterocycles. The molecule has 0 radical (unpaired) electrons. The van der Waals surface area contributed by atoms with Crippen LogP contribution in [-0.2, 0) is 46.4 Å². The third-order valence-corrected chi connectivity index (χ3v) is 5.73. The summed E-state index contributed by atoms with van der Waals surface area (Å²) in [7, 11) is -11.5. The molecule has 4 rings (SSSR count). The molecule has 2 aliphatic rings.